The van der Waals surface area contributed by atoms with Crippen molar-refractivity contribution < 1.29 is 43.6 Å². The van der Waals surface area contributed by atoms with Gasteiger partial charge in [0.2, 0.25) is 5.78 Å². The molecule has 0 heterocycles. The van der Waals surface area contributed by atoms with Gasteiger partial charge in [0.25, 0.3) is 0 Å². The standard InChI is InChI=1S/C27H38O9/c1-10-15(5)25(31)35-19(13-12-14(3)4)17(7)20-21(29)24(36-26(32)16(6)11-2)27(9,33)23(30)22(20)34-18(8)28/h10-12,19-22,24,29,33H,7,13H2,1-6,8-9H3/b15-10-,16-11+/t19?,20-,21-,22+,24-,27-/m1/s1. The molecule has 1 saturated carbocycles. The van der Waals surface area contributed by atoms with Gasteiger partial charge in [-0.15, -0.1) is 0 Å². The SMILES string of the molecule is C=C(C(CC=C(C)C)OC(=O)/C(C)=C\C)[C@@H]1[C@@H](O)[C@@H](OC(=O)/C(C)=C/C)[C@](C)(O)C(=O)[C@H]1OC(C)=O. The van der Waals surface area contributed by atoms with E-state index in [1.54, 1.807) is 32.9 Å². The molecule has 1 unspecified atom stereocenters. The maximum Gasteiger partial charge on any atom is 0.333 e. The van der Waals surface area contributed by atoms with E-state index in [0.29, 0.717) is 5.57 Å². The highest BCUT2D eigenvalue weighted by molar-refractivity contribution is 5.95. The van der Waals surface area contributed by atoms with Crippen LogP contribution in [0.15, 0.2) is 47.1 Å². The summed E-state index contributed by atoms with van der Waals surface area (Å²) in [5.74, 6) is -4.65. The molecule has 0 amide bonds. The van der Waals surface area contributed by atoms with E-state index >= 15 is 0 Å². The Morgan fingerprint density at radius 2 is 1.56 bits per heavy atom. The number of aliphatic hydroxyl groups excluding tert-OH is 1. The van der Waals surface area contributed by atoms with Gasteiger partial charge in [-0.05, 0) is 54.0 Å². The lowest BCUT2D eigenvalue weighted by Gasteiger charge is -2.46. The quantitative estimate of drug-likeness (QED) is 0.209. The summed E-state index contributed by atoms with van der Waals surface area (Å²) in [6.07, 6.45) is -1.12. The molecule has 0 aromatic heterocycles. The number of aliphatic hydroxyl groups is 2. The molecule has 1 aliphatic carbocycles. The Kier molecular flexibility index (Phi) is 11.0. The van der Waals surface area contributed by atoms with Crippen molar-refractivity contribution in [1.29, 1.82) is 0 Å². The molecule has 6 atom stereocenters. The number of hydrogen-bond acceptors (Lipinski definition) is 9. The number of allylic oxidation sites excluding steroid dienone is 3. The molecular weight excluding hydrogens is 468 g/mol. The average Bonchev–Trinajstić information content (AvgIpc) is 2.80. The molecule has 0 aliphatic heterocycles. The van der Waals surface area contributed by atoms with Crippen molar-refractivity contribution in [1.82, 2.24) is 0 Å². The fourth-order valence-electron chi connectivity index (χ4n) is 3.69. The Morgan fingerprint density at radius 3 is 2.03 bits per heavy atom. The number of carbonyl (C=O) groups is 4. The number of ether oxygens (including phenoxy) is 3. The van der Waals surface area contributed by atoms with Crippen molar-refractivity contribution in [3.63, 3.8) is 0 Å². The van der Waals surface area contributed by atoms with Crippen LogP contribution in [0.1, 0.15) is 61.8 Å². The largest absolute Gasteiger partial charge is 0.454 e. The zero-order chi connectivity index (χ0) is 28.0. The summed E-state index contributed by atoms with van der Waals surface area (Å²) in [6, 6.07) is 0. The second-order valence-corrected chi connectivity index (χ2v) is 9.31. The van der Waals surface area contributed by atoms with Gasteiger partial charge >= 0.3 is 17.9 Å². The van der Waals surface area contributed by atoms with Crippen LogP contribution < -0.4 is 0 Å². The van der Waals surface area contributed by atoms with E-state index in [2.05, 4.69) is 6.58 Å². The zero-order valence-electron chi connectivity index (χ0n) is 22.3. The van der Waals surface area contributed by atoms with Crippen molar-refractivity contribution in [2.45, 2.75) is 91.8 Å². The predicted molar refractivity (Wildman–Crippen MR) is 132 cm³/mol. The van der Waals surface area contributed by atoms with Gasteiger partial charge in [-0.2, -0.15) is 0 Å². The maximum absolute atomic E-state index is 13.3. The fourth-order valence-corrected chi connectivity index (χ4v) is 3.69. The van der Waals surface area contributed by atoms with Gasteiger partial charge in [0.15, 0.2) is 17.8 Å². The molecule has 200 valence electrons. The minimum absolute atomic E-state index is 0.0659. The lowest BCUT2D eigenvalue weighted by atomic mass is 9.69. The Labute approximate surface area is 212 Å². The van der Waals surface area contributed by atoms with Gasteiger partial charge in [0.05, 0.1) is 5.92 Å². The number of hydrogen-bond donors (Lipinski definition) is 2. The van der Waals surface area contributed by atoms with Crippen LogP contribution in [-0.2, 0) is 33.4 Å². The summed E-state index contributed by atoms with van der Waals surface area (Å²) in [5, 5.41) is 22.3. The first kappa shape index (κ1) is 31.0. The van der Waals surface area contributed by atoms with E-state index in [1.165, 1.54) is 13.0 Å². The molecule has 0 aromatic rings. The molecule has 2 N–H and O–H groups in total. The molecule has 0 spiro atoms. The molecule has 1 aliphatic rings. The Balaban J connectivity index is 3.60. The fraction of sp³-hybridized carbons (Fsp3) is 0.556. The maximum atomic E-state index is 13.3. The zero-order valence-corrected chi connectivity index (χ0v) is 22.3. The minimum atomic E-state index is -2.38. The summed E-state index contributed by atoms with van der Waals surface area (Å²) < 4.78 is 16.2. The smallest absolute Gasteiger partial charge is 0.333 e. The van der Waals surface area contributed by atoms with E-state index in [-0.39, 0.29) is 17.6 Å². The van der Waals surface area contributed by atoms with Crippen LogP contribution in [0.3, 0.4) is 0 Å². The van der Waals surface area contributed by atoms with E-state index < -0.39 is 59.6 Å². The first-order chi connectivity index (χ1) is 16.6. The minimum Gasteiger partial charge on any atom is -0.454 e. The van der Waals surface area contributed by atoms with Gasteiger partial charge in [0, 0.05) is 24.5 Å². The molecule has 36 heavy (non-hydrogen) atoms. The summed E-state index contributed by atoms with van der Waals surface area (Å²) in [4.78, 5) is 50.2. The molecule has 0 saturated heterocycles. The van der Waals surface area contributed by atoms with E-state index in [0.717, 1.165) is 19.4 Å². The molecular formula is C27H38O9. The first-order valence-corrected chi connectivity index (χ1v) is 11.7. The van der Waals surface area contributed by atoms with Crippen LogP contribution in [-0.4, -0.2) is 63.9 Å². The third-order valence-corrected chi connectivity index (χ3v) is 6.18. The number of carbonyl (C=O) groups excluding carboxylic acids is 4. The van der Waals surface area contributed by atoms with Crippen molar-refractivity contribution in [3.8, 4) is 0 Å². The average molecular weight is 507 g/mol. The first-order valence-electron chi connectivity index (χ1n) is 11.7. The van der Waals surface area contributed by atoms with Crippen LogP contribution in [0.2, 0.25) is 0 Å². The lowest BCUT2D eigenvalue weighted by molar-refractivity contribution is -0.211. The van der Waals surface area contributed by atoms with Crippen LogP contribution in [0.25, 0.3) is 0 Å². The van der Waals surface area contributed by atoms with E-state index in [1.807, 2.05) is 13.8 Å². The van der Waals surface area contributed by atoms with Gasteiger partial charge in [0.1, 0.15) is 12.2 Å². The number of ketones is 1. The van der Waals surface area contributed by atoms with Crippen molar-refractivity contribution >= 4 is 23.7 Å². The van der Waals surface area contributed by atoms with Gasteiger partial charge in [-0.1, -0.05) is 30.4 Å². The summed E-state index contributed by atoms with van der Waals surface area (Å²) in [5.41, 5.74) is -0.872. The van der Waals surface area contributed by atoms with Gasteiger partial charge in [-0.3, -0.25) is 9.59 Å². The third kappa shape index (κ3) is 7.24. The topological polar surface area (TPSA) is 136 Å². The molecule has 9 heteroatoms. The van der Waals surface area contributed by atoms with Crippen LogP contribution >= 0.6 is 0 Å². The summed E-state index contributed by atoms with van der Waals surface area (Å²) in [7, 11) is 0. The second kappa shape index (κ2) is 12.8. The summed E-state index contributed by atoms with van der Waals surface area (Å²) in [6.45, 7) is 16.1. The monoisotopic (exact) mass is 506 g/mol. The van der Waals surface area contributed by atoms with Crippen molar-refractivity contribution in [2.75, 3.05) is 0 Å². The van der Waals surface area contributed by atoms with Crippen molar-refractivity contribution in [2.24, 2.45) is 5.92 Å². The Morgan fingerprint density at radius 1 is 1.03 bits per heavy atom. The molecule has 9 nitrogen and oxygen atoms in total. The predicted octanol–water partition coefficient (Wildman–Crippen LogP) is 2.90. The highest BCUT2D eigenvalue weighted by Gasteiger charge is 2.60. The van der Waals surface area contributed by atoms with Crippen molar-refractivity contribution in [3.05, 3.63) is 47.1 Å². The number of Topliss-reactive ketones (excluding diaryl/α,β-unsaturated/α-hetero) is 1. The lowest BCUT2D eigenvalue weighted by Crippen LogP contribution is -2.67. The summed E-state index contributed by atoms with van der Waals surface area (Å²) >= 11 is 0. The normalized spacial score (nSPS) is 27.6. The molecule has 0 bridgehead atoms. The molecule has 0 radical (unpaired) electrons. The Bertz CT molecular complexity index is 979. The highest BCUT2D eigenvalue weighted by atomic mass is 16.6. The highest BCUT2D eigenvalue weighted by Crippen LogP contribution is 2.40. The van der Waals surface area contributed by atoms with E-state index in [9.17, 15) is 29.4 Å². The van der Waals surface area contributed by atoms with Crippen LogP contribution in [0.5, 0.6) is 0 Å². The Hall–Kier alpha value is -3.04. The molecule has 1 fully saturated rings. The van der Waals surface area contributed by atoms with E-state index in [4.69, 9.17) is 14.2 Å². The second-order valence-electron chi connectivity index (χ2n) is 9.31. The van der Waals surface area contributed by atoms with Gasteiger partial charge < -0.3 is 24.4 Å². The molecule has 1 rings (SSSR count). The van der Waals surface area contributed by atoms with Gasteiger partial charge in [-0.25, -0.2) is 9.59 Å². The third-order valence-electron chi connectivity index (χ3n) is 6.18. The molecule has 0 aromatic carbocycles. The van der Waals surface area contributed by atoms with Crippen LogP contribution in [0, 0.1) is 5.92 Å². The number of rotatable bonds is 9. The van der Waals surface area contributed by atoms with Crippen LogP contribution in [0.4, 0.5) is 0 Å². The number of esters is 3.